The summed E-state index contributed by atoms with van der Waals surface area (Å²) in [6, 6.07) is 1.39. The molecule has 1 N–H and O–H groups in total. The molecule has 1 aliphatic heterocycles. The van der Waals surface area contributed by atoms with Crippen LogP contribution in [0.15, 0.2) is 11.6 Å². The summed E-state index contributed by atoms with van der Waals surface area (Å²) in [6.45, 7) is 6.99. The number of likely N-dealkylation sites (tertiary alicyclic amines) is 1. The van der Waals surface area contributed by atoms with Crippen LogP contribution in [0.2, 0.25) is 0 Å². The van der Waals surface area contributed by atoms with Gasteiger partial charge in [0.25, 0.3) is 0 Å². The summed E-state index contributed by atoms with van der Waals surface area (Å²) in [4.78, 5) is 7.03. The smallest absolute Gasteiger partial charge is 0.0965 e. The first kappa shape index (κ1) is 13.0. The zero-order chi connectivity index (χ0) is 12.3. The largest absolute Gasteiger partial charge is 0.317 e. The van der Waals surface area contributed by atoms with Crippen molar-refractivity contribution in [3.05, 3.63) is 16.6 Å². The molecule has 0 amide bonds. The third-order valence-electron chi connectivity index (χ3n) is 3.80. The monoisotopic (exact) mass is 253 g/mol. The van der Waals surface area contributed by atoms with E-state index in [4.69, 9.17) is 0 Å². The molecule has 1 fully saturated rings. The number of rotatable bonds is 4. The molecule has 1 aromatic heterocycles. The minimum atomic E-state index is 0.559. The van der Waals surface area contributed by atoms with E-state index in [2.05, 4.69) is 41.5 Å². The molecule has 3 unspecified atom stereocenters. The van der Waals surface area contributed by atoms with Crippen molar-refractivity contribution in [2.24, 2.45) is 0 Å². The summed E-state index contributed by atoms with van der Waals surface area (Å²) < 4.78 is 0. The first-order valence-electron chi connectivity index (χ1n) is 6.51. The fourth-order valence-corrected chi connectivity index (χ4v) is 3.35. The Labute approximate surface area is 108 Å². The van der Waals surface area contributed by atoms with E-state index in [1.54, 1.807) is 11.3 Å². The van der Waals surface area contributed by atoms with Crippen LogP contribution in [-0.4, -0.2) is 42.1 Å². The molecule has 4 heteroatoms. The number of hydrogen-bond acceptors (Lipinski definition) is 4. The molecule has 1 saturated heterocycles. The maximum atomic E-state index is 4.42. The van der Waals surface area contributed by atoms with E-state index in [9.17, 15) is 0 Å². The molecule has 17 heavy (non-hydrogen) atoms. The molecule has 1 aliphatic rings. The summed E-state index contributed by atoms with van der Waals surface area (Å²) in [7, 11) is 2.07. The van der Waals surface area contributed by atoms with Gasteiger partial charge in [0, 0.05) is 36.1 Å². The standard InChI is InChI=1S/C13H23N3S/c1-10(13-15-5-7-17-13)9-16-6-4-12(14-3)8-11(16)2/h5,7,10-12,14H,4,6,8-9H2,1-3H3. The fraction of sp³-hybridized carbons (Fsp3) is 0.769. The first-order chi connectivity index (χ1) is 8.20. The highest BCUT2D eigenvalue weighted by Crippen LogP contribution is 2.23. The third kappa shape index (κ3) is 3.27. The van der Waals surface area contributed by atoms with Gasteiger partial charge >= 0.3 is 0 Å². The second-order valence-electron chi connectivity index (χ2n) is 5.13. The summed E-state index contributed by atoms with van der Waals surface area (Å²) >= 11 is 1.78. The Morgan fingerprint density at radius 1 is 1.65 bits per heavy atom. The topological polar surface area (TPSA) is 28.2 Å². The van der Waals surface area contributed by atoms with Gasteiger partial charge in [0.15, 0.2) is 0 Å². The lowest BCUT2D eigenvalue weighted by molar-refractivity contribution is 0.132. The van der Waals surface area contributed by atoms with Crippen molar-refractivity contribution in [1.82, 2.24) is 15.2 Å². The molecule has 3 atom stereocenters. The number of nitrogens with zero attached hydrogens (tertiary/aromatic N) is 2. The van der Waals surface area contributed by atoms with Crippen molar-refractivity contribution in [2.75, 3.05) is 20.1 Å². The average Bonchev–Trinajstić information content (AvgIpc) is 2.85. The van der Waals surface area contributed by atoms with Crippen molar-refractivity contribution in [2.45, 2.75) is 44.7 Å². The highest BCUT2D eigenvalue weighted by Gasteiger charge is 2.26. The number of nitrogens with one attached hydrogen (secondary N) is 1. The summed E-state index contributed by atoms with van der Waals surface area (Å²) in [5.41, 5.74) is 0. The Hall–Kier alpha value is -0.450. The Balaban J connectivity index is 1.87. The Morgan fingerprint density at radius 3 is 3.06 bits per heavy atom. The van der Waals surface area contributed by atoms with E-state index >= 15 is 0 Å². The number of aromatic nitrogens is 1. The molecule has 0 spiro atoms. The van der Waals surface area contributed by atoms with Gasteiger partial charge in [-0.3, -0.25) is 4.90 Å². The van der Waals surface area contributed by atoms with Crippen molar-refractivity contribution in [3.63, 3.8) is 0 Å². The van der Waals surface area contributed by atoms with Gasteiger partial charge in [-0.1, -0.05) is 6.92 Å². The van der Waals surface area contributed by atoms with E-state index in [1.165, 1.54) is 24.4 Å². The van der Waals surface area contributed by atoms with Crippen LogP contribution < -0.4 is 5.32 Å². The molecule has 2 heterocycles. The molecule has 96 valence electrons. The van der Waals surface area contributed by atoms with Gasteiger partial charge < -0.3 is 5.32 Å². The van der Waals surface area contributed by atoms with Crippen LogP contribution in [0.3, 0.4) is 0 Å². The molecular weight excluding hydrogens is 230 g/mol. The molecule has 0 aliphatic carbocycles. The van der Waals surface area contributed by atoms with Gasteiger partial charge in [-0.15, -0.1) is 11.3 Å². The Morgan fingerprint density at radius 2 is 2.47 bits per heavy atom. The Bertz CT molecular complexity index is 325. The summed E-state index contributed by atoms with van der Waals surface area (Å²) in [5.74, 6) is 0.559. The Kier molecular flexibility index (Phi) is 4.54. The number of hydrogen-bond donors (Lipinski definition) is 1. The van der Waals surface area contributed by atoms with Crippen LogP contribution in [0.1, 0.15) is 37.6 Å². The maximum absolute atomic E-state index is 4.42. The highest BCUT2D eigenvalue weighted by atomic mass is 32.1. The zero-order valence-electron chi connectivity index (χ0n) is 11.0. The fourth-order valence-electron chi connectivity index (χ4n) is 2.66. The molecule has 0 radical (unpaired) electrons. The molecule has 3 nitrogen and oxygen atoms in total. The zero-order valence-corrected chi connectivity index (χ0v) is 11.8. The van der Waals surface area contributed by atoms with Crippen molar-refractivity contribution < 1.29 is 0 Å². The molecule has 0 saturated carbocycles. The number of thiazole rings is 1. The predicted octanol–water partition coefficient (Wildman–Crippen LogP) is 2.32. The second-order valence-corrected chi connectivity index (χ2v) is 6.05. The van der Waals surface area contributed by atoms with Gasteiger partial charge in [-0.2, -0.15) is 0 Å². The highest BCUT2D eigenvalue weighted by molar-refractivity contribution is 7.09. The maximum Gasteiger partial charge on any atom is 0.0965 e. The van der Waals surface area contributed by atoms with Gasteiger partial charge in [-0.05, 0) is 33.4 Å². The van der Waals surface area contributed by atoms with Gasteiger partial charge in [0.05, 0.1) is 5.01 Å². The SMILES string of the molecule is CNC1CCN(CC(C)c2nccs2)C(C)C1. The summed E-state index contributed by atoms with van der Waals surface area (Å²) in [5, 5.41) is 6.74. The lowest BCUT2D eigenvalue weighted by Gasteiger charge is -2.38. The predicted molar refractivity (Wildman–Crippen MR) is 73.6 cm³/mol. The second kappa shape index (κ2) is 5.94. The molecule has 2 rings (SSSR count). The van der Waals surface area contributed by atoms with Crippen molar-refractivity contribution in [3.8, 4) is 0 Å². The van der Waals surface area contributed by atoms with Crippen LogP contribution >= 0.6 is 11.3 Å². The van der Waals surface area contributed by atoms with Crippen LogP contribution in [0, 0.1) is 0 Å². The first-order valence-corrected chi connectivity index (χ1v) is 7.39. The van der Waals surface area contributed by atoms with E-state index in [1.807, 2.05) is 6.20 Å². The van der Waals surface area contributed by atoms with Crippen LogP contribution in [0.5, 0.6) is 0 Å². The van der Waals surface area contributed by atoms with E-state index < -0.39 is 0 Å². The van der Waals surface area contributed by atoms with Gasteiger partial charge in [-0.25, -0.2) is 4.98 Å². The molecule has 0 aromatic carbocycles. The lowest BCUT2D eigenvalue weighted by Crippen LogP contribution is -2.47. The van der Waals surface area contributed by atoms with Crippen LogP contribution in [0.25, 0.3) is 0 Å². The molecular formula is C13H23N3S. The third-order valence-corrected chi connectivity index (χ3v) is 4.81. The lowest BCUT2D eigenvalue weighted by atomic mass is 9.97. The molecule has 0 bridgehead atoms. The van der Waals surface area contributed by atoms with Crippen molar-refractivity contribution in [1.29, 1.82) is 0 Å². The van der Waals surface area contributed by atoms with E-state index in [0.29, 0.717) is 18.0 Å². The minimum Gasteiger partial charge on any atom is -0.317 e. The van der Waals surface area contributed by atoms with E-state index in [0.717, 1.165) is 6.54 Å². The van der Waals surface area contributed by atoms with E-state index in [-0.39, 0.29) is 0 Å². The van der Waals surface area contributed by atoms with Crippen LogP contribution in [0.4, 0.5) is 0 Å². The van der Waals surface area contributed by atoms with Gasteiger partial charge in [0.2, 0.25) is 0 Å². The normalized spacial score (nSPS) is 28.2. The summed E-state index contributed by atoms with van der Waals surface area (Å²) in [6.07, 6.45) is 4.44. The van der Waals surface area contributed by atoms with Gasteiger partial charge in [0.1, 0.15) is 0 Å². The minimum absolute atomic E-state index is 0.559. The van der Waals surface area contributed by atoms with Crippen molar-refractivity contribution >= 4 is 11.3 Å². The number of piperidine rings is 1. The quantitative estimate of drug-likeness (QED) is 0.892. The average molecular weight is 253 g/mol. The van der Waals surface area contributed by atoms with Crippen LogP contribution in [-0.2, 0) is 0 Å². The molecule has 1 aromatic rings.